The number of amides is 1. The molecule has 2 N–H and O–H groups in total. The standard InChI is InChI=1S/C27H25NO5/c1-4-33-22-13-12-19(15-17(22)3)25(30)23-24(18-9-7-8-16(2)14-18)28(27(32)26(23)31)20-10-5-6-11-21(20)29/h5-15,24,29-30H,4H2,1-3H3/b25-23-. The van der Waals surface area contributed by atoms with Gasteiger partial charge in [-0.25, -0.2) is 0 Å². The van der Waals surface area contributed by atoms with Crippen LogP contribution >= 0.6 is 0 Å². The minimum absolute atomic E-state index is 0.0302. The van der Waals surface area contributed by atoms with Crippen molar-refractivity contribution in [2.24, 2.45) is 0 Å². The molecule has 1 fully saturated rings. The first-order valence-corrected chi connectivity index (χ1v) is 10.7. The third kappa shape index (κ3) is 3.96. The van der Waals surface area contributed by atoms with Crippen molar-refractivity contribution in [3.8, 4) is 11.5 Å². The number of hydrogen-bond acceptors (Lipinski definition) is 5. The molecule has 6 heteroatoms. The number of aryl methyl sites for hydroxylation is 2. The Morgan fingerprint density at radius 2 is 1.76 bits per heavy atom. The first kappa shape index (κ1) is 22.1. The number of rotatable bonds is 5. The molecule has 33 heavy (non-hydrogen) atoms. The van der Waals surface area contributed by atoms with Gasteiger partial charge >= 0.3 is 0 Å². The van der Waals surface area contributed by atoms with Gasteiger partial charge in [-0.2, -0.15) is 0 Å². The van der Waals surface area contributed by atoms with Crippen molar-refractivity contribution in [2.75, 3.05) is 11.5 Å². The zero-order valence-electron chi connectivity index (χ0n) is 18.7. The summed E-state index contributed by atoms with van der Waals surface area (Å²) in [6.07, 6.45) is 0. The molecule has 1 unspecified atom stereocenters. The van der Waals surface area contributed by atoms with Crippen LogP contribution < -0.4 is 9.64 Å². The monoisotopic (exact) mass is 443 g/mol. The van der Waals surface area contributed by atoms with Crippen molar-refractivity contribution >= 4 is 23.1 Å². The number of phenols is 1. The lowest BCUT2D eigenvalue weighted by atomic mass is 9.93. The molecule has 0 radical (unpaired) electrons. The average molecular weight is 443 g/mol. The highest BCUT2D eigenvalue weighted by Gasteiger charge is 2.47. The van der Waals surface area contributed by atoms with E-state index in [0.717, 1.165) is 11.1 Å². The highest BCUT2D eigenvalue weighted by atomic mass is 16.5. The van der Waals surface area contributed by atoms with Crippen molar-refractivity contribution < 1.29 is 24.5 Å². The van der Waals surface area contributed by atoms with E-state index in [1.807, 2.05) is 39.0 Å². The molecule has 0 bridgehead atoms. The van der Waals surface area contributed by atoms with E-state index in [0.29, 0.717) is 23.5 Å². The largest absolute Gasteiger partial charge is 0.507 e. The third-order valence-electron chi connectivity index (χ3n) is 5.69. The molecule has 1 aliphatic rings. The lowest BCUT2D eigenvalue weighted by molar-refractivity contribution is -0.132. The summed E-state index contributed by atoms with van der Waals surface area (Å²) in [6, 6.07) is 18.0. The van der Waals surface area contributed by atoms with E-state index in [-0.39, 0.29) is 22.8 Å². The van der Waals surface area contributed by atoms with Crippen molar-refractivity contribution in [1.29, 1.82) is 0 Å². The molecule has 4 rings (SSSR count). The number of ether oxygens (including phenoxy) is 1. The highest BCUT2D eigenvalue weighted by molar-refractivity contribution is 6.51. The van der Waals surface area contributed by atoms with Crippen LogP contribution in [-0.2, 0) is 9.59 Å². The number of carbonyl (C=O) groups excluding carboxylic acids is 2. The molecule has 1 heterocycles. The van der Waals surface area contributed by atoms with E-state index in [1.165, 1.54) is 11.0 Å². The Labute approximate surface area is 192 Å². The number of aliphatic hydroxyl groups is 1. The van der Waals surface area contributed by atoms with E-state index in [2.05, 4.69) is 0 Å². The Morgan fingerprint density at radius 1 is 1.00 bits per heavy atom. The Hall–Kier alpha value is -4.06. The van der Waals surface area contributed by atoms with Gasteiger partial charge in [0, 0.05) is 5.56 Å². The summed E-state index contributed by atoms with van der Waals surface area (Å²) in [5.74, 6) is -1.35. The molecule has 0 spiro atoms. The van der Waals surface area contributed by atoms with Gasteiger partial charge in [-0.05, 0) is 62.2 Å². The second-order valence-electron chi connectivity index (χ2n) is 7.99. The third-order valence-corrected chi connectivity index (χ3v) is 5.69. The fourth-order valence-electron chi connectivity index (χ4n) is 4.17. The quantitative estimate of drug-likeness (QED) is 0.328. The number of para-hydroxylation sites is 2. The molecule has 1 atom stereocenters. The fourth-order valence-corrected chi connectivity index (χ4v) is 4.17. The van der Waals surface area contributed by atoms with E-state index in [1.54, 1.807) is 42.5 Å². The van der Waals surface area contributed by atoms with Gasteiger partial charge < -0.3 is 14.9 Å². The topological polar surface area (TPSA) is 87.1 Å². The summed E-state index contributed by atoms with van der Waals surface area (Å²) < 4.78 is 5.57. The predicted molar refractivity (Wildman–Crippen MR) is 126 cm³/mol. The number of anilines is 1. The molecule has 3 aromatic rings. The van der Waals surface area contributed by atoms with Gasteiger partial charge in [0.25, 0.3) is 11.7 Å². The lowest BCUT2D eigenvalue weighted by Gasteiger charge is -2.26. The van der Waals surface area contributed by atoms with Crippen LogP contribution in [-0.4, -0.2) is 28.5 Å². The summed E-state index contributed by atoms with van der Waals surface area (Å²) in [4.78, 5) is 27.7. The number of benzene rings is 3. The Balaban J connectivity index is 1.94. The summed E-state index contributed by atoms with van der Waals surface area (Å²) in [5.41, 5.74) is 2.96. The lowest BCUT2D eigenvalue weighted by Crippen LogP contribution is -2.29. The minimum Gasteiger partial charge on any atom is -0.507 e. The van der Waals surface area contributed by atoms with Crippen molar-refractivity contribution in [1.82, 2.24) is 0 Å². The number of aromatic hydroxyl groups is 1. The molecule has 1 aliphatic heterocycles. The van der Waals surface area contributed by atoms with Crippen LogP contribution in [0.15, 0.2) is 72.3 Å². The predicted octanol–water partition coefficient (Wildman–Crippen LogP) is 5.03. The fraction of sp³-hybridized carbons (Fsp3) is 0.185. The second kappa shape index (κ2) is 8.82. The van der Waals surface area contributed by atoms with Crippen LogP contribution in [0.2, 0.25) is 0 Å². The second-order valence-corrected chi connectivity index (χ2v) is 7.99. The van der Waals surface area contributed by atoms with Crippen LogP contribution in [0.25, 0.3) is 5.76 Å². The average Bonchev–Trinajstić information content (AvgIpc) is 3.06. The van der Waals surface area contributed by atoms with Gasteiger partial charge in [-0.1, -0.05) is 42.0 Å². The van der Waals surface area contributed by atoms with E-state index in [4.69, 9.17) is 4.74 Å². The maximum atomic E-state index is 13.2. The van der Waals surface area contributed by atoms with Crippen LogP contribution in [0.1, 0.15) is 35.2 Å². The molecule has 0 aromatic heterocycles. The van der Waals surface area contributed by atoms with Gasteiger partial charge in [0.2, 0.25) is 0 Å². The zero-order chi connectivity index (χ0) is 23.7. The molecule has 6 nitrogen and oxygen atoms in total. The normalized spacial score (nSPS) is 17.4. The first-order chi connectivity index (χ1) is 15.8. The molecule has 0 aliphatic carbocycles. The summed E-state index contributed by atoms with van der Waals surface area (Å²) in [5, 5.41) is 21.7. The highest BCUT2D eigenvalue weighted by Crippen LogP contribution is 2.44. The zero-order valence-corrected chi connectivity index (χ0v) is 18.7. The molecular formula is C27H25NO5. The van der Waals surface area contributed by atoms with Gasteiger partial charge in [0.05, 0.1) is 23.9 Å². The van der Waals surface area contributed by atoms with Crippen molar-refractivity contribution in [3.63, 3.8) is 0 Å². The van der Waals surface area contributed by atoms with Crippen LogP contribution in [0, 0.1) is 13.8 Å². The van der Waals surface area contributed by atoms with E-state index >= 15 is 0 Å². The summed E-state index contributed by atoms with van der Waals surface area (Å²) >= 11 is 0. The number of ketones is 1. The number of carbonyl (C=O) groups is 2. The Bertz CT molecular complexity index is 1280. The molecule has 0 saturated carbocycles. The van der Waals surface area contributed by atoms with Gasteiger partial charge in [-0.15, -0.1) is 0 Å². The minimum atomic E-state index is -0.898. The van der Waals surface area contributed by atoms with Gasteiger partial charge in [0.1, 0.15) is 17.3 Å². The number of phenolic OH excluding ortho intramolecular Hbond substituents is 1. The van der Waals surface area contributed by atoms with E-state index < -0.39 is 17.7 Å². The Morgan fingerprint density at radius 3 is 2.42 bits per heavy atom. The maximum Gasteiger partial charge on any atom is 0.300 e. The molecule has 168 valence electrons. The van der Waals surface area contributed by atoms with Crippen molar-refractivity contribution in [2.45, 2.75) is 26.8 Å². The first-order valence-electron chi connectivity index (χ1n) is 10.7. The molecule has 1 saturated heterocycles. The smallest absolute Gasteiger partial charge is 0.300 e. The van der Waals surface area contributed by atoms with Crippen LogP contribution in [0.5, 0.6) is 11.5 Å². The maximum absolute atomic E-state index is 13.2. The van der Waals surface area contributed by atoms with Gasteiger partial charge in [0.15, 0.2) is 0 Å². The van der Waals surface area contributed by atoms with Crippen molar-refractivity contribution in [3.05, 3.63) is 94.6 Å². The number of hydrogen-bond donors (Lipinski definition) is 2. The molecule has 1 amide bonds. The van der Waals surface area contributed by atoms with Crippen LogP contribution in [0.3, 0.4) is 0 Å². The molecule has 3 aromatic carbocycles. The van der Waals surface area contributed by atoms with E-state index in [9.17, 15) is 19.8 Å². The van der Waals surface area contributed by atoms with Crippen LogP contribution in [0.4, 0.5) is 5.69 Å². The number of aliphatic hydroxyl groups excluding tert-OH is 1. The molecular weight excluding hydrogens is 418 g/mol. The number of nitrogens with zero attached hydrogens (tertiary/aromatic N) is 1. The summed E-state index contributed by atoms with van der Waals surface area (Å²) in [6.45, 7) is 6.15. The van der Waals surface area contributed by atoms with Gasteiger partial charge in [-0.3, -0.25) is 14.5 Å². The Kier molecular flexibility index (Phi) is 5.92. The number of Topliss-reactive ketones (excluding diaryl/α,β-unsaturated/α-hetero) is 1. The summed E-state index contributed by atoms with van der Waals surface area (Å²) in [7, 11) is 0. The SMILES string of the molecule is CCOc1ccc(/C(O)=C2/C(=O)C(=O)N(c3ccccc3O)C2c2cccc(C)c2)cc1C.